The van der Waals surface area contributed by atoms with E-state index in [-0.39, 0.29) is 25.7 Å². The number of carbonyl (C=O) groups excluding carboxylic acids is 2. The van der Waals surface area contributed by atoms with Gasteiger partial charge in [-0.3, -0.25) is 4.79 Å². The first-order valence-corrected chi connectivity index (χ1v) is 13.5. The largest absolute Gasteiger partial charge is 0.480 e. The van der Waals surface area contributed by atoms with Crippen molar-refractivity contribution in [3.05, 3.63) is 94.8 Å². The third kappa shape index (κ3) is 4.88. The Kier molecular flexibility index (Phi) is 7.08. The minimum absolute atomic E-state index is 0.0292. The van der Waals surface area contributed by atoms with Gasteiger partial charge in [0.05, 0.1) is 25.2 Å². The molecule has 3 heterocycles. The summed E-state index contributed by atoms with van der Waals surface area (Å²) in [5.74, 6) is -3.08. The van der Waals surface area contributed by atoms with Crippen LogP contribution in [0, 0.1) is 18.7 Å². The fourth-order valence-electron chi connectivity index (χ4n) is 6.18. The summed E-state index contributed by atoms with van der Waals surface area (Å²) in [7, 11) is 0. The van der Waals surface area contributed by atoms with Crippen molar-refractivity contribution in [1.29, 1.82) is 0 Å². The van der Waals surface area contributed by atoms with Crippen LogP contribution < -0.4 is 9.47 Å². The number of ketones is 1. The van der Waals surface area contributed by atoms with Crippen LogP contribution >= 0.6 is 0 Å². The van der Waals surface area contributed by atoms with E-state index in [9.17, 15) is 23.9 Å². The molecule has 0 radical (unpaired) electrons. The molecule has 212 valence electrons. The zero-order valence-electron chi connectivity index (χ0n) is 22.4. The zero-order chi connectivity index (χ0) is 28.7. The molecule has 0 saturated carbocycles. The Bertz CT molecular complexity index is 1490. The number of ether oxygens (including phenoxy) is 3. The first-order valence-electron chi connectivity index (χ1n) is 13.5. The summed E-state index contributed by atoms with van der Waals surface area (Å²) in [4.78, 5) is 44.7. The van der Waals surface area contributed by atoms with Crippen LogP contribution in [0.1, 0.15) is 39.0 Å². The highest BCUT2D eigenvalue weighted by Gasteiger charge is 2.58. The lowest BCUT2D eigenvalue weighted by Gasteiger charge is -2.36. The van der Waals surface area contributed by atoms with Crippen LogP contribution in [0.4, 0.5) is 9.18 Å². The molecule has 1 N–H and O–H groups in total. The molecule has 2 fully saturated rings. The van der Waals surface area contributed by atoms with Gasteiger partial charge in [0.15, 0.2) is 17.3 Å². The maximum atomic E-state index is 14.5. The molecule has 10 heteroatoms. The summed E-state index contributed by atoms with van der Waals surface area (Å²) in [5, 5.41) is 10.7. The molecule has 0 bridgehead atoms. The van der Waals surface area contributed by atoms with E-state index < -0.39 is 41.7 Å². The molecule has 6 rings (SSSR count). The minimum Gasteiger partial charge on any atom is -0.480 e. The monoisotopic (exact) mass is 560 g/mol. The highest BCUT2D eigenvalue weighted by molar-refractivity contribution is 6.01. The number of urea groups is 1. The number of nitrogens with zero attached hydrogens (tertiary/aromatic N) is 2. The lowest BCUT2D eigenvalue weighted by molar-refractivity contribution is -0.142. The van der Waals surface area contributed by atoms with Crippen molar-refractivity contribution < 1.29 is 38.1 Å². The van der Waals surface area contributed by atoms with Crippen molar-refractivity contribution in [1.82, 2.24) is 9.80 Å². The molecule has 0 aliphatic carbocycles. The number of amides is 2. The number of aryl methyl sites for hydroxylation is 1. The number of hydrogen-bond donors (Lipinski definition) is 1. The number of likely N-dealkylation sites (tertiary alicyclic amines) is 1. The van der Waals surface area contributed by atoms with Crippen LogP contribution in [-0.2, 0) is 9.53 Å². The number of carboxylic acids is 1. The summed E-state index contributed by atoms with van der Waals surface area (Å²) < 4.78 is 30.5. The molecule has 3 aromatic rings. The minimum atomic E-state index is -1.41. The van der Waals surface area contributed by atoms with Gasteiger partial charge in [-0.15, -0.1) is 0 Å². The summed E-state index contributed by atoms with van der Waals surface area (Å²) in [6.45, 7) is 3.10. The number of carboxylic acid groups (broad SMARTS) is 1. The average molecular weight is 561 g/mol. The third-order valence-corrected chi connectivity index (χ3v) is 8.02. The highest BCUT2D eigenvalue weighted by Crippen LogP contribution is 2.52. The molecule has 4 unspecified atom stereocenters. The van der Waals surface area contributed by atoms with E-state index in [0.717, 1.165) is 5.56 Å². The second-order valence-corrected chi connectivity index (χ2v) is 10.5. The number of carbonyl (C=O) groups is 3. The van der Waals surface area contributed by atoms with Gasteiger partial charge in [0.25, 0.3) is 0 Å². The van der Waals surface area contributed by atoms with Crippen LogP contribution in [0.3, 0.4) is 0 Å². The SMILES string of the molecule is Cc1cccc(C(=O)C2C(c3ccc(F)cc3)C(C(=O)O)N(C(=O)N3CCOCC3)C2c2ccc3c(c2)OCO3)c1. The summed E-state index contributed by atoms with van der Waals surface area (Å²) in [6.07, 6.45) is 0. The van der Waals surface area contributed by atoms with Crippen molar-refractivity contribution in [2.24, 2.45) is 5.92 Å². The smallest absolute Gasteiger partial charge is 0.327 e. The molecule has 3 aliphatic rings. The Morgan fingerprint density at radius 3 is 2.32 bits per heavy atom. The van der Waals surface area contributed by atoms with Gasteiger partial charge in [0.1, 0.15) is 11.9 Å². The Morgan fingerprint density at radius 2 is 1.61 bits per heavy atom. The zero-order valence-corrected chi connectivity index (χ0v) is 22.4. The van der Waals surface area contributed by atoms with E-state index in [1.54, 1.807) is 41.3 Å². The van der Waals surface area contributed by atoms with Crippen molar-refractivity contribution in [3.8, 4) is 11.5 Å². The maximum Gasteiger partial charge on any atom is 0.327 e. The summed E-state index contributed by atoms with van der Waals surface area (Å²) in [6, 6.07) is 14.8. The predicted molar refractivity (Wildman–Crippen MR) is 144 cm³/mol. The molecule has 2 amide bonds. The predicted octanol–water partition coefficient (Wildman–Crippen LogP) is 4.41. The number of halogens is 1. The Labute approximate surface area is 236 Å². The van der Waals surface area contributed by atoms with Crippen molar-refractivity contribution in [2.45, 2.75) is 24.9 Å². The molecule has 3 aliphatic heterocycles. The number of benzene rings is 3. The second-order valence-electron chi connectivity index (χ2n) is 10.5. The number of rotatable bonds is 5. The number of morpholine rings is 1. The number of hydrogen-bond acceptors (Lipinski definition) is 6. The Hall–Kier alpha value is -4.44. The van der Waals surface area contributed by atoms with Gasteiger partial charge >= 0.3 is 12.0 Å². The van der Waals surface area contributed by atoms with Crippen LogP contribution in [0.5, 0.6) is 11.5 Å². The fraction of sp³-hybridized carbons (Fsp3) is 0.323. The van der Waals surface area contributed by atoms with Gasteiger partial charge in [-0.25, -0.2) is 14.0 Å². The van der Waals surface area contributed by atoms with E-state index in [1.165, 1.54) is 29.2 Å². The number of fused-ring (bicyclic) bond motifs is 1. The first-order chi connectivity index (χ1) is 19.8. The third-order valence-electron chi connectivity index (χ3n) is 8.02. The Balaban J connectivity index is 1.57. The Morgan fingerprint density at radius 1 is 0.902 bits per heavy atom. The van der Waals surface area contributed by atoms with E-state index in [2.05, 4.69) is 0 Å². The first kappa shape index (κ1) is 26.8. The fourth-order valence-corrected chi connectivity index (χ4v) is 6.18. The second kappa shape index (κ2) is 10.9. The number of Topliss-reactive ketones (excluding diaryl/α,β-unsaturated/α-hetero) is 1. The maximum absolute atomic E-state index is 14.5. The van der Waals surface area contributed by atoms with Gasteiger partial charge in [-0.1, -0.05) is 42.0 Å². The highest BCUT2D eigenvalue weighted by atomic mass is 19.1. The molecule has 3 aromatic carbocycles. The van der Waals surface area contributed by atoms with Crippen LogP contribution in [0.2, 0.25) is 0 Å². The molecule has 0 spiro atoms. The quantitative estimate of drug-likeness (QED) is 0.461. The lowest BCUT2D eigenvalue weighted by atomic mass is 9.76. The number of aliphatic carboxylic acids is 1. The molecule has 4 atom stereocenters. The standard InChI is InChI=1S/C31H29FN2O7/c1-18-3-2-4-21(15-18)29(35)26-25(19-5-8-22(32)9-6-19)28(30(36)37)34(31(38)33-11-13-39-14-12-33)27(26)20-7-10-23-24(16-20)41-17-40-23/h2-10,15-16,25-28H,11-14,17H2,1H3,(H,36,37). The molecule has 2 saturated heterocycles. The molecule has 41 heavy (non-hydrogen) atoms. The van der Waals surface area contributed by atoms with Gasteiger partial charge < -0.3 is 29.1 Å². The van der Waals surface area contributed by atoms with Gasteiger partial charge in [0, 0.05) is 24.6 Å². The van der Waals surface area contributed by atoms with Crippen LogP contribution in [0.25, 0.3) is 0 Å². The van der Waals surface area contributed by atoms with Crippen LogP contribution in [0.15, 0.2) is 66.7 Å². The van der Waals surface area contributed by atoms with E-state index in [1.807, 2.05) is 13.0 Å². The van der Waals surface area contributed by atoms with Crippen LogP contribution in [-0.4, -0.2) is 71.8 Å². The summed E-state index contributed by atoms with van der Waals surface area (Å²) >= 11 is 0. The van der Waals surface area contributed by atoms with Gasteiger partial charge in [-0.05, 0) is 48.4 Å². The van der Waals surface area contributed by atoms with Gasteiger partial charge in [-0.2, -0.15) is 0 Å². The van der Waals surface area contributed by atoms with Crippen molar-refractivity contribution in [3.63, 3.8) is 0 Å². The normalized spacial score (nSPS) is 23.5. The summed E-state index contributed by atoms with van der Waals surface area (Å²) in [5.41, 5.74) is 2.26. The van der Waals surface area contributed by atoms with E-state index in [0.29, 0.717) is 41.4 Å². The molecule has 0 aromatic heterocycles. The molecular formula is C31H29FN2O7. The molecular weight excluding hydrogens is 531 g/mol. The lowest BCUT2D eigenvalue weighted by Crippen LogP contribution is -2.52. The van der Waals surface area contributed by atoms with E-state index >= 15 is 0 Å². The van der Waals surface area contributed by atoms with Crippen molar-refractivity contribution >= 4 is 17.8 Å². The molecule has 9 nitrogen and oxygen atoms in total. The van der Waals surface area contributed by atoms with Gasteiger partial charge in [0.2, 0.25) is 6.79 Å². The average Bonchev–Trinajstić information content (AvgIpc) is 3.60. The van der Waals surface area contributed by atoms with Crippen molar-refractivity contribution in [2.75, 3.05) is 33.1 Å². The topological polar surface area (TPSA) is 106 Å². The van der Waals surface area contributed by atoms with E-state index in [4.69, 9.17) is 14.2 Å².